The zero-order valence-electron chi connectivity index (χ0n) is 17.6. The van der Waals surface area contributed by atoms with Crippen LogP contribution in [-0.4, -0.2) is 30.5 Å². The van der Waals surface area contributed by atoms with E-state index in [2.05, 4.69) is 10.6 Å². The van der Waals surface area contributed by atoms with Gasteiger partial charge in [0.05, 0.1) is 18.7 Å². The molecule has 1 aromatic heterocycles. The minimum absolute atomic E-state index is 0.194. The predicted molar refractivity (Wildman–Crippen MR) is 123 cm³/mol. The third kappa shape index (κ3) is 4.50. The molecule has 0 bridgehead atoms. The summed E-state index contributed by atoms with van der Waals surface area (Å²) < 4.78 is 11.0. The number of rotatable bonds is 6. The highest BCUT2D eigenvalue weighted by molar-refractivity contribution is 7.15. The standard InChI is InChI=1S/C24H22N2O5S/c1-3-30-24(29)21-16(15-7-5-4-6-8-15)13-32-23(21)26-20(27)12-19-22(28)25-17-11-14(2)9-10-18(17)31-19/h4-11,13,19H,3,12H2,1-2H3,(H,25,28)(H,26,27). The van der Waals surface area contributed by atoms with Crippen LogP contribution in [0.5, 0.6) is 5.75 Å². The largest absolute Gasteiger partial charge is 0.478 e. The SMILES string of the molecule is CCOC(=O)c1c(-c2ccccc2)csc1NC(=O)CC1Oc2ccc(C)cc2NC1=O. The number of thiophene rings is 1. The Morgan fingerprint density at radius 3 is 2.72 bits per heavy atom. The number of amides is 2. The van der Waals surface area contributed by atoms with Crippen LogP contribution in [0.1, 0.15) is 29.3 Å². The van der Waals surface area contributed by atoms with Crippen molar-refractivity contribution in [1.29, 1.82) is 0 Å². The molecule has 7 nitrogen and oxygen atoms in total. The van der Waals surface area contributed by atoms with Gasteiger partial charge in [0.1, 0.15) is 16.3 Å². The molecule has 164 valence electrons. The summed E-state index contributed by atoms with van der Waals surface area (Å²) >= 11 is 1.23. The fourth-order valence-electron chi connectivity index (χ4n) is 3.43. The van der Waals surface area contributed by atoms with Crippen molar-refractivity contribution < 1.29 is 23.9 Å². The number of carbonyl (C=O) groups is 3. The minimum atomic E-state index is -0.968. The number of ether oxygens (including phenoxy) is 2. The fraction of sp³-hybridized carbons (Fsp3) is 0.208. The van der Waals surface area contributed by atoms with Gasteiger partial charge in [-0.25, -0.2) is 4.79 Å². The van der Waals surface area contributed by atoms with E-state index in [4.69, 9.17) is 9.47 Å². The van der Waals surface area contributed by atoms with Gasteiger partial charge in [0, 0.05) is 10.9 Å². The highest BCUT2D eigenvalue weighted by Gasteiger charge is 2.31. The van der Waals surface area contributed by atoms with Gasteiger partial charge in [0.25, 0.3) is 5.91 Å². The number of aryl methyl sites for hydroxylation is 1. The molecule has 1 unspecified atom stereocenters. The van der Waals surface area contributed by atoms with Crippen molar-refractivity contribution in [1.82, 2.24) is 0 Å². The van der Waals surface area contributed by atoms with Crippen molar-refractivity contribution in [3.63, 3.8) is 0 Å². The first-order valence-electron chi connectivity index (χ1n) is 10.2. The average molecular weight is 451 g/mol. The number of fused-ring (bicyclic) bond motifs is 1. The Bertz CT molecular complexity index is 1170. The number of esters is 1. The summed E-state index contributed by atoms with van der Waals surface area (Å²) in [7, 11) is 0. The summed E-state index contributed by atoms with van der Waals surface area (Å²) in [5.74, 6) is -0.825. The Labute approximate surface area is 189 Å². The van der Waals surface area contributed by atoms with Gasteiger partial charge in [-0.2, -0.15) is 0 Å². The minimum Gasteiger partial charge on any atom is -0.478 e. The van der Waals surface area contributed by atoms with Gasteiger partial charge in [0.2, 0.25) is 5.91 Å². The van der Waals surface area contributed by atoms with E-state index >= 15 is 0 Å². The van der Waals surface area contributed by atoms with E-state index in [1.54, 1.807) is 18.4 Å². The quantitative estimate of drug-likeness (QED) is 0.534. The second-order valence-corrected chi connectivity index (χ2v) is 8.17. The van der Waals surface area contributed by atoms with Gasteiger partial charge < -0.3 is 20.1 Å². The molecule has 4 rings (SSSR count). The van der Waals surface area contributed by atoms with Crippen LogP contribution in [0.25, 0.3) is 11.1 Å². The van der Waals surface area contributed by atoms with Crippen molar-refractivity contribution in [2.24, 2.45) is 0 Å². The van der Waals surface area contributed by atoms with Crippen LogP contribution in [0.15, 0.2) is 53.9 Å². The van der Waals surface area contributed by atoms with Gasteiger partial charge in [-0.15, -0.1) is 11.3 Å². The highest BCUT2D eigenvalue weighted by atomic mass is 32.1. The van der Waals surface area contributed by atoms with Crippen molar-refractivity contribution in [2.75, 3.05) is 17.2 Å². The number of hydrogen-bond donors (Lipinski definition) is 2. The Morgan fingerprint density at radius 1 is 1.19 bits per heavy atom. The number of carbonyl (C=O) groups excluding carboxylic acids is 3. The van der Waals surface area contributed by atoms with Crippen LogP contribution in [-0.2, 0) is 14.3 Å². The lowest BCUT2D eigenvalue weighted by Crippen LogP contribution is -2.39. The molecule has 1 atom stereocenters. The lowest BCUT2D eigenvalue weighted by molar-refractivity contribution is -0.128. The van der Waals surface area contributed by atoms with Crippen LogP contribution in [0.4, 0.5) is 10.7 Å². The number of nitrogens with one attached hydrogen (secondary N) is 2. The molecule has 0 radical (unpaired) electrons. The molecule has 1 aliphatic heterocycles. The zero-order chi connectivity index (χ0) is 22.7. The van der Waals surface area contributed by atoms with Crippen LogP contribution in [0, 0.1) is 6.92 Å². The van der Waals surface area contributed by atoms with Crippen molar-refractivity contribution in [3.8, 4) is 16.9 Å². The molecule has 2 N–H and O–H groups in total. The molecule has 0 fully saturated rings. The predicted octanol–water partition coefficient (Wildman–Crippen LogP) is 4.63. The smallest absolute Gasteiger partial charge is 0.341 e. The van der Waals surface area contributed by atoms with Crippen LogP contribution in [0.2, 0.25) is 0 Å². The summed E-state index contributed by atoms with van der Waals surface area (Å²) in [6.07, 6.45) is -1.16. The molecule has 0 aliphatic carbocycles. The molecule has 0 saturated heterocycles. The van der Waals surface area contributed by atoms with Crippen LogP contribution < -0.4 is 15.4 Å². The highest BCUT2D eigenvalue weighted by Crippen LogP contribution is 2.37. The van der Waals surface area contributed by atoms with Gasteiger partial charge in [-0.05, 0) is 37.1 Å². The lowest BCUT2D eigenvalue weighted by Gasteiger charge is -2.25. The molecule has 8 heteroatoms. The van der Waals surface area contributed by atoms with Gasteiger partial charge in [-0.3, -0.25) is 9.59 Å². The molecule has 32 heavy (non-hydrogen) atoms. The zero-order valence-corrected chi connectivity index (χ0v) is 18.5. The fourth-order valence-corrected chi connectivity index (χ4v) is 4.40. The van der Waals surface area contributed by atoms with E-state index in [1.165, 1.54) is 11.3 Å². The first kappa shape index (κ1) is 21.6. The van der Waals surface area contributed by atoms with E-state index in [1.807, 2.05) is 49.4 Å². The molecule has 0 spiro atoms. The lowest BCUT2D eigenvalue weighted by atomic mass is 10.0. The molecule has 3 aromatic rings. The second-order valence-electron chi connectivity index (χ2n) is 7.29. The Kier molecular flexibility index (Phi) is 6.23. The maximum Gasteiger partial charge on any atom is 0.341 e. The maximum atomic E-state index is 12.8. The third-order valence-corrected chi connectivity index (χ3v) is 5.83. The third-order valence-electron chi connectivity index (χ3n) is 4.93. The molecule has 0 saturated carbocycles. The molecule has 2 amide bonds. The summed E-state index contributed by atoms with van der Waals surface area (Å²) in [4.78, 5) is 37.8. The first-order chi connectivity index (χ1) is 15.5. The van der Waals surface area contributed by atoms with Crippen molar-refractivity contribution in [2.45, 2.75) is 26.4 Å². The Morgan fingerprint density at radius 2 is 1.97 bits per heavy atom. The number of benzene rings is 2. The Balaban J connectivity index is 1.53. The van der Waals surface area contributed by atoms with E-state index in [0.717, 1.165) is 11.1 Å². The van der Waals surface area contributed by atoms with E-state index in [-0.39, 0.29) is 18.9 Å². The van der Waals surface area contributed by atoms with Gasteiger partial charge in [-0.1, -0.05) is 36.4 Å². The monoisotopic (exact) mass is 450 g/mol. The molecule has 2 heterocycles. The molecule has 1 aliphatic rings. The van der Waals surface area contributed by atoms with Gasteiger partial charge >= 0.3 is 5.97 Å². The average Bonchev–Trinajstić information content (AvgIpc) is 3.18. The van der Waals surface area contributed by atoms with Crippen LogP contribution in [0.3, 0.4) is 0 Å². The number of hydrogen-bond acceptors (Lipinski definition) is 6. The van der Waals surface area contributed by atoms with Crippen LogP contribution >= 0.6 is 11.3 Å². The summed E-state index contributed by atoms with van der Waals surface area (Å²) in [5, 5.41) is 7.72. The van der Waals surface area contributed by atoms with E-state index in [9.17, 15) is 14.4 Å². The molecule has 2 aromatic carbocycles. The summed E-state index contributed by atoms with van der Waals surface area (Å²) in [6, 6.07) is 14.8. The van der Waals surface area contributed by atoms with Gasteiger partial charge in [0.15, 0.2) is 6.10 Å². The molecular weight excluding hydrogens is 428 g/mol. The Hall–Kier alpha value is -3.65. The normalized spacial score (nSPS) is 14.7. The summed E-state index contributed by atoms with van der Waals surface area (Å²) in [6.45, 7) is 3.85. The first-order valence-corrected chi connectivity index (χ1v) is 11.1. The number of anilines is 2. The van der Waals surface area contributed by atoms with Crippen molar-refractivity contribution in [3.05, 3.63) is 65.0 Å². The molecular formula is C24H22N2O5S. The summed E-state index contributed by atoms with van der Waals surface area (Å²) in [5.41, 5.74) is 3.39. The maximum absolute atomic E-state index is 12.8. The van der Waals surface area contributed by atoms with Crippen molar-refractivity contribution >= 4 is 39.8 Å². The van der Waals surface area contributed by atoms with E-state index in [0.29, 0.717) is 27.6 Å². The second kappa shape index (κ2) is 9.23. The topological polar surface area (TPSA) is 93.7 Å². The van der Waals surface area contributed by atoms with E-state index < -0.39 is 18.0 Å².